The average molecular weight is 310 g/mol. The number of benzene rings is 1. The summed E-state index contributed by atoms with van der Waals surface area (Å²) in [6.07, 6.45) is 5.02. The quantitative estimate of drug-likeness (QED) is 0.533. The molecule has 1 aromatic carbocycles. The van der Waals surface area contributed by atoms with Crippen LogP contribution in [-0.4, -0.2) is 16.8 Å². The van der Waals surface area contributed by atoms with Crippen LogP contribution in [0.3, 0.4) is 0 Å². The molecule has 118 valence electrons. The van der Waals surface area contributed by atoms with Gasteiger partial charge in [0.15, 0.2) is 0 Å². The molecule has 23 heavy (non-hydrogen) atoms. The molecule has 0 saturated carbocycles. The van der Waals surface area contributed by atoms with E-state index in [0.29, 0.717) is 18.0 Å². The Bertz CT molecular complexity index is 755. The number of nitrogens with one attached hydrogen (secondary N) is 2. The van der Waals surface area contributed by atoms with Crippen LogP contribution in [0, 0.1) is 12.3 Å². The van der Waals surface area contributed by atoms with Gasteiger partial charge in [0.1, 0.15) is 5.76 Å². The number of hydrogen-bond donors (Lipinski definition) is 3. The van der Waals surface area contributed by atoms with Crippen molar-refractivity contribution in [3.8, 4) is 0 Å². The molecule has 5 heteroatoms. The molecule has 0 unspecified atom stereocenters. The van der Waals surface area contributed by atoms with Crippen LogP contribution in [0.4, 0.5) is 5.69 Å². The van der Waals surface area contributed by atoms with E-state index in [4.69, 9.17) is 14.9 Å². The molecule has 0 aliphatic heterocycles. The largest absolute Gasteiger partial charge is 0.475 e. The summed E-state index contributed by atoms with van der Waals surface area (Å²) in [5, 5.41) is 20.0. The number of aryl methyl sites for hydroxylation is 1. The molecule has 1 aromatic heterocycles. The molecule has 2 rings (SSSR count). The summed E-state index contributed by atoms with van der Waals surface area (Å²) < 4.78 is 5.17. The van der Waals surface area contributed by atoms with E-state index in [-0.39, 0.29) is 5.76 Å². The van der Waals surface area contributed by atoms with Crippen molar-refractivity contribution in [1.29, 1.82) is 5.41 Å². The zero-order valence-electron chi connectivity index (χ0n) is 12.8. The van der Waals surface area contributed by atoms with Gasteiger partial charge in [0.2, 0.25) is 5.76 Å². The van der Waals surface area contributed by atoms with Crippen molar-refractivity contribution >= 4 is 17.4 Å². The van der Waals surface area contributed by atoms with Gasteiger partial charge in [-0.25, -0.2) is 4.79 Å². The van der Waals surface area contributed by atoms with Gasteiger partial charge in [-0.3, -0.25) is 0 Å². The summed E-state index contributed by atoms with van der Waals surface area (Å²) in [5.74, 6) is -0.547. The molecule has 0 fully saturated rings. The molecule has 0 spiro atoms. The van der Waals surface area contributed by atoms with Gasteiger partial charge in [-0.2, -0.15) is 0 Å². The molecule has 0 amide bonds. The molecule has 0 aliphatic rings. The standard InChI is InChI=1S/C18H18N2O3/c1-3-4-5-16(19)13-6-8-15(9-7-13)20-11-14-10-17(18(21)22)23-12(14)2/h3-10,19-20H,1,11H2,2H3,(H,21,22)/b5-4-,19-16?. The van der Waals surface area contributed by atoms with E-state index in [1.165, 1.54) is 6.07 Å². The highest BCUT2D eigenvalue weighted by Crippen LogP contribution is 2.17. The first-order valence-corrected chi connectivity index (χ1v) is 7.06. The molecule has 2 aromatic rings. The van der Waals surface area contributed by atoms with E-state index in [1.54, 1.807) is 25.2 Å². The van der Waals surface area contributed by atoms with Crippen molar-refractivity contribution in [1.82, 2.24) is 0 Å². The molecular formula is C18H18N2O3. The van der Waals surface area contributed by atoms with Crippen LogP contribution < -0.4 is 5.32 Å². The van der Waals surface area contributed by atoms with Gasteiger partial charge in [-0.05, 0) is 36.8 Å². The Morgan fingerprint density at radius 2 is 2.09 bits per heavy atom. The minimum Gasteiger partial charge on any atom is -0.475 e. The normalized spacial score (nSPS) is 10.7. The van der Waals surface area contributed by atoms with E-state index in [2.05, 4.69) is 11.9 Å². The van der Waals surface area contributed by atoms with Crippen molar-refractivity contribution < 1.29 is 14.3 Å². The minimum atomic E-state index is -1.07. The van der Waals surface area contributed by atoms with Gasteiger partial charge in [0, 0.05) is 17.8 Å². The first-order chi connectivity index (χ1) is 11.0. The van der Waals surface area contributed by atoms with Gasteiger partial charge in [0.05, 0.1) is 5.71 Å². The number of anilines is 1. The predicted molar refractivity (Wildman–Crippen MR) is 90.3 cm³/mol. The Labute approximate surface area is 134 Å². The lowest BCUT2D eigenvalue weighted by atomic mass is 10.1. The number of allylic oxidation sites excluding steroid dienone is 3. The fraction of sp³-hybridized carbons (Fsp3) is 0.111. The maximum atomic E-state index is 10.9. The third-order valence-electron chi connectivity index (χ3n) is 3.31. The van der Waals surface area contributed by atoms with Crippen molar-refractivity contribution in [3.63, 3.8) is 0 Å². The number of rotatable bonds is 7. The minimum absolute atomic E-state index is 0.0582. The number of carboxylic acid groups (broad SMARTS) is 1. The lowest BCUT2D eigenvalue weighted by Gasteiger charge is -2.06. The van der Waals surface area contributed by atoms with Crippen LogP contribution in [0.25, 0.3) is 0 Å². The fourth-order valence-electron chi connectivity index (χ4n) is 2.03. The monoisotopic (exact) mass is 310 g/mol. The van der Waals surface area contributed by atoms with Crippen molar-refractivity contribution in [3.05, 3.63) is 77.8 Å². The summed E-state index contributed by atoms with van der Waals surface area (Å²) in [7, 11) is 0. The van der Waals surface area contributed by atoms with Crippen LogP contribution in [0.5, 0.6) is 0 Å². The molecule has 0 aliphatic carbocycles. The number of furan rings is 1. The zero-order valence-corrected chi connectivity index (χ0v) is 12.8. The van der Waals surface area contributed by atoms with Gasteiger partial charge in [-0.1, -0.05) is 30.9 Å². The summed E-state index contributed by atoms with van der Waals surface area (Å²) in [4.78, 5) is 10.9. The highest BCUT2D eigenvalue weighted by molar-refractivity contribution is 6.06. The SMILES string of the molecule is C=C/C=C\C(=N)c1ccc(NCc2cc(C(=O)O)oc2C)cc1. The Kier molecular flexibility index (Phi) is 5.15. The smallest absolute Gasteiger partial charge is 0.371 e. The zero-order chi connectivity index (χ0) is 16.8. The second-order valence-corrected chi connectivity index (χ2v) is 4.94. The van der Waals surface area contributed by atoms with E-state index >= 15 is 0 Å². The lowest BCUT2D eigenvalue weighted by Crippen LogP contribution is -2.01. The van der Waals surface area contributed by atoms with Crippen LogP contribution in [0.1, 0.15) is 27.4 Å². The molecular weight excluding hydrogens is 292 g/mol. The number of aromatic carboxylic acids is 1. The van der Waals surface area contributed by atoms with Crippen LogP contribution >= 0.6 is 0 Å². The number of carbonyl (C=O) groups is 1. The summed E-state index contributed by atoms with van der Waals surface area (Å²) in [6, 6.07) is 8.97. The second-order valence-electron chi connectivity index (χ2n) is 4.94. The lowest BCUT2D eigenvalue weighted by molar-refractivity contribution is 0.0661. The van der Waals surface area contributed by atoms with E-state index in [1.807, 2.05) is 24.3 Å². The van der Waals surface area contributed by atoms with E-state index in [0.717, 1.165) is 16.8 Å². The molecule has 0 bridgehead atoms. The van der Waals surface area contributed by atoms with Crippen LogP contribution in [-0.2, 0) is 6.54 Å². The highest BCUT2D eigenvalue weighted by atomic mass is 16.4. The van der Waals surface area contributed by atoms with Crippen LogP contribution in [0.15, 0.2) is 59.6 Å². The second kappa shape index (κ2) is 7.26. The molecule has 0 atom stereocenters. The van der Waals surface area contributed by atoms with Gasteiger partial charge < -0.3 is 20.2 Å². The maximum Gasteiger partial charge on any atom is 0.371 e. The van der Waals surface area contributed by atoms with Gasteiger partial charge >= 0.3 is 5.97 Å². The Morgan fingerprint density at radius 1 is 1.39 bits per heavy atom. The van der Waals surface area contributed by atoms with E-state index < -0.39 is 5.97 Å². The summed E-state index contributed by atoms with van der Waals surface area (Å²) >= 11 is 0. The Morgan fingerprint density at radius 3 is 2.65 bits per heavy atom. The first kappa shape index (κ1) is 16.3. The average Bonchev–Trinajstić information content (AvgIpc) is 2.92. The maximum absolute atomic E-state index is 10.9. The fourth-order valence-corrected chi connectivity index (χ4v) is 2.03. The van der Waals surface area contributed by atoms with Gasteiger partial charge in [0.25, 0.3) is 0 Å². The molecule has 0 saturated heterocycles. The molecule has 1 heterocycles. The predicted octanol–water partition coefficient (Wildman–Crippen LogP) is 4.01. The van der Waals surface area contributed by atoms with Crippen molar-refractivity contribution in [2.24, 2.45) is 0 Å². The first-order valence-electron chi connectivity index (χ1n) is 7.06. The van der Waals surface area contributed by atoms with Gasteiger partial charge in [-0.15, -0.1) is 0 Å². The van der Waals surface area contributed by atoms with E-state index in [9.17, 15) is 4.79 Å². The molecule has 5 nitrogen and oxygen atoms in total. The number of hydrogen-bond acceptors (Lipinski definition) is 4. The molecule has 0 radical (unpaired) electrons. The van der Waals surface area contributed by atoms with Crippen LogP contribution in [0.2, 0.25) is 0 Å². The Balaban J connectivity index is 2.01. The summed E-state index contributed by atoms with van der Waals surface area (Å²) in [5.41, 5.74) is 2.90. The highest BCUT2D eigenvalue weighted by Gasteiger charge is 2.12. The van der Waals surface area contributed by atoms with Crippen molar-refractivity contribution in [2.75, 3.05) is 5.32 Å². The number of carboxylic acids is 1. The summed E-state index contributed by atoms with van der Waals surface area (Å²) in [6.45, 7) is 5.78. The third-order valence-corrected chi connectivity index (χ3v) is 3.31. The topological polar surface area (TPSA) is 86.3 Å². The Hall–Kier alpha value is -3.08. The molecule has 3 N–H and O–H groups in total. The van der Waals surface area contributed by atoms with Crippen molar-refractivity contribution in [2.45, 2.75) is 13.5 Å². The third kappa shape index (κ3) is 4.20.